The molecule has 0 bridgehead atoms. The van der Waals surface area contributed by atoms with E-state index in [0.29, 0.717) is 18.8 Å². The number of nitrogens with two attached hydrogens (primary N) is 2. The number of rotatable bonds is 5. The lowest BCUT2D eigenvalue weighted by atomic mass is 10.2. The predicted molar refractivity (Wildman–Crippen MR) is 60.7 cm³/mol. The molecule has 0 saturated heterocycles. The van der Waals surface area contributed by atoms with E-state index < -0.39 is 0 Å². The van der Waals surface area contributed by atoms with Crippen molar-refractivity contribution in [3.05, 3.63) is 23.8 Å². The quantitative estimate of drug-likeness (QED) is 0.715. The Morgan fingerprint density at radius 3 is 2.67 bits per heavy atom. The highest BCUT2D eigenvalue weighted by atomic mass is 16.5. The van der Waals surface area contributed by atoms with Gasteiger partial charge in [0.15, 0.2) is 0 Å². The molecule has 1 atom stereocenters. The fourth-order valence-corrected chi connectivity index (χ4v) is 1.19. The molecule has 1 rings (SSSR count). The number of hydrogen-bond acceptors (Lipinski definition) is 4. The van der Waals surface area contributed by atoms with Gasteiger partial charge in [-0.25, -0.2) is 0 Å². The molecule has 0 aliphatic heterocycles. The van der Waals surface area contributed by atoms with E-state index >= 15 is 0 Å². The Hall–Kier alpha value is -1.26. The van der Waals surface area contributed by atoms with Crippen molar-refractivity contribution in [2.45, 2.75) is 19.6 Å². The van der Waals surface area contributed by atoms with Gasteiger partial charge in [0.05, 0.1) is 19.8 Å². The summed E-state index contributed by atoms with van der Waals surface area (Å²) < 4.78 is 10.6. The number of anilines is 1. The molecule has 84 valence electrons. The van der Waals surface area contributed by atoms with Gasteiger partial charge in [-0.3, -0.25) is 0 Å². The summed E-state index contributed by atoms with van der Waals surface area (Å²) >= 11 is 0. The average Bonchev–Trinajstić information content (AvgIpc) is 2.25. The Labute approximate surface area is 90.2 Å². The summed E-state index contributed by atoms with van der Waals surface area (Å²) in [5, 5.41) is 0. The van der Waals surface area contributed by atoms with Crippen molar-refractivity contribution in [1.29, 1.82) is 0 Å². The predicted octanol–water partition coefficient (Wildman–Crippen LogP) is 1.14. The zero-order valence-electron chi connectivity index (χ0n) is 9.19. The van der Waals surface area contributed by atoms with Gasteiger partial charge in [0.2, 0.25) is 0 Å². The Morgan fingerprint density at radius 2 is 2.07 bits per heavy atom. The third kappa shape index (κ3) is 3.77. The monoisotopic (exact) mass is 210 g/mol. The maximum Gasteiger partial charge on any atom is 0.121 e. The number of methoxy groups -OCH3 is 1. The standard InChI is InChI=1S/C11H18N2O2/c1-8(6-12)15-7-9-3-10(13)5-11(4-9)14-2/h3-5,8H,6-7,12-13H2,1-2H3. The molecule has 0 aromatic heterocycles. The fourth-order valence-electron chi connectivity index (χ4n) is 1.19. The molecular formula is C11H18N2O2. The molecule has 4 heteroatoms. The molecule has 1 aromatic rings. The van der Waals surface area contributed by atoms with Crippen molar-refractivity contribution in [2.24, 2.45) is 5.73 Å². The van der Waals surface area contributed by atoms with E-state index in [1.807, 2.05) is 19.1 Å². The molecule has 4 N–H and O–H groups in total. The number of hydrogen-bond donors (Lipinski definition) is 2. The van der Waals surface area contributed by atoms with Gasteiger partial charge in [0.25, 0.3) is 0 Å². The SMILES string of the molecule is COc1cc(N)cc(COC(C)CN)c1. The van der Waals surface area contributed by atoms with Crippen LogP contribution in [0.4, 0.5) is 5.69 Å². The van der Waals surface area contributed by atoms with E-state index in [2.05, 4.69) is 0 Å². The molecule has 0 heterocycles. The van der Waals surface area contributed by atoms with Gasteiger partial charge in [-0.05, 0) is 24.6 Å². The molecule has 1 unspecified atom stereocenters. The molecule has 0 spiro atoms. The highest BCUT2D eigenvalue weighted by Crippen LogP contribution is 2.19. The largest absolute Gasteiger partial charge is 0.497 e. The number of ether oxygens (including phenoxy) is 2. The summed E-state index contributed by atoms with van der Waals surface area (Å²) in [5.41, 5.74) is 12.8. The Balaban J connectivity index is 2.64. The van der Waals surface area contributed by atoms with Crippen molar-refractivity contribution in [3.8, 4) is 5.75 Å². The highest BCUT2D eigenvalue weighted by Gasteiger charge is 2.02. The summed E-state index contributed by atoms with van der Waals surface area (Å²) in [4.78, 5) is 0. The van der Waals surface area contributed by atoms with Crippen LogP contribution < -0.4 is 16.2 Å². The summed E-state index contributed by atoms with van der Waals surface area (Å²) in [6, 6.07) is 5.54. The lowest BCUT2D eigenvalue weighted by Gasteiger charge is -2.11. The molecule has 15 heavy (non-hydrogen) atoms. The second kappa shape index (κ2) is 5.58. The molecule has 0 aliphatic rings. The third-order valence-corrected chi connectivity index (χ3v) is 2.09. The van der Waals surface area contributed by atoms with Gasteiger partial charge in [-0.2, -0.15) is 0 Å². The van der Waals surface area contributed by atoms with Crippen molar-refractivity contribution < 1.29 is 9.47 Å². The van der Waals surface area contributed by atoms with Crippen LogP contribution in [0.25, 0.3) is 0 Å². The summed E-state index contributed by atoms with van der Waals surface area (Å²) in [6.07, 6.45) is 0.0532. The minimum Gasteiger partial charge on any atom is -0.497 e. The number of nitrogen functional groups attached to an aromatic ring is 1. The molecule has 0 aliphatic carbocycles. The van der Waals surface area contributed by atoms with Crippen LogP contribution in [0.15, 0.2) is 18.2 Å². The van der Waals surface area contributed by atoms with Gasteiger partial charge >= 0.3 is 0 Å². The molecular weight excluding hydrogens is 192 g/mol. The average molecular weight is 210 g/mol. The van der Waals surface area contributed by atoms with Crippen molar-refractivity contribution in [3.63, 3.8) is 0 Å². The summed E-state index contributed by atoms with van der Waals surface area (Å²) in [6.45, 7) is 2.95. The summed E-state index contributed by atoms with van der Waals surface area (Å²) in [5.74, 6) is 0.744. The van der Waals surface area contributed by atoms with E-state index in [1.165, 1.54) is 0 Å². The van der Waals surface area contributed by atoms with E-state index in [9.17, 15) is 0 Å². The zero-order valence-corrected chi connectivity index (χ0v) is 9.19. The first-order valence-corrected chi connectivity index (χ1v) is 4.90. The van der Waals surface area contributed by atoms with Crippen LogP contribution >= 0.6 is 0 Å². The van der Waals surface area contributed by atoms with Gasteiger partial charge < -0.3 is 20.9 Å². The van der Waals surface area contributed by atoms with Gasteiger partial charge in [0, 0.05) is 18.3 Å². The maximum atomic E-state index is 5.71. The van der Waals surface area contributed by atoms with Crippen LogP contribution in [0.3, 0.4) is 0 Å². The Kier molecular flexibility index (Phi) is 4.39. The van der Waals surface area contributed by atoms with Gasteiger partial charge in [0.1, 0.15) is 5.75 Å². The first kappa shape index (κ1) is 11.8. The van der Waals surface area contributed by atoms with Crippen molar-refractivity contribution in [2.75, 3.05) is 19.4 Å². The minimum absolute atomic E-state index is 0.0532. The summed E-state index contributed by atoms with van der Waals surface area (Å²) in [7, 11) is 1.61. The molecule has 0 fully saturated rings. The second-order valence-electron chi connectivity index (χ2n) is 3.47. The van der Waals surface area contributed by atoms with Crippen molar-refractivity contribution in [1.82, 2.24) is 0 Å². The van der Waals surface area contributed by atoms with E-state index in [-0.39, 0.29) is 6.10 Å². The van der Waals surface area contributed by atoms with Crippen LogP contribution in [0.2, 0.25) is 0 Å². The Bertz CT molecular complexity index is 315. The smallest absolute Gasteiger partial charge is 0.121 e. The second-order valence-corrected chi connectivity index (χ2v) is 3.47. The van der Waals surface area contributed by atoms with E-state index in [1.54, 1.807) is 13.2 Å². The van der Waals surface area contributed by atoms with Crippen molar-refractivity contribution >= 4 is 5.69 Å². The van der Waals surface area contributed by atoms with Crippen LogP contribution in [0.1, 0.15) is 12.5 Å². The van der Waals surface area contributed by atoms with Crippen LogP contribution in [0.5, 0.6) is 5.75 Å². The zero-order chi connectivity index (χ0) is 11.3. The molecule has 0 saturated carbocycles. The first-order chi connectivity index (χ1) is 7.15. The minimum atomic E-state index is 0.0532. The van der Waals surface area contributed by atoms with Gasteiger partial charge in [-0.15, -0.1) is 0 Å². The third-order valence-electron chi connectivity index (χ3n) is 2.09. The lowest BCUT2D eigenvalue weighted by Crippen LogP contribution is -2.19. The molecule has 0 radical (unpaired) electrons. The highest BCUT2D eigenvalue weighted by molar-refractivity contribution is 5.47. The first-order valence-electron chi connectivity index (χ1n) is 4.90. The lowest BCUT2D eigenvalue weighted by molar-refractivity contribution is 0.0589. The fraction of sp³-hybridized carbons (Fsp3) is 0.455. The van der Waals surface area contributed by atoms with Crippen LogP contribution in [-0.2, 0) is 11.3 Å². The van der Waals surface area contributed by atoms with E-state index in [0.717, 1.165) is 11.3 Å². The van der Waals surface area contributed by atoms with Gasteiger partial charge in [-0.1, -0.05) is 0 Å². The topological polar surface area (TPSA) is 70.5 Å². The number of benzene rings is 1. The normalized spacial score (nSPS) is 12.5. The Morgan fingerprint density at radius 1 is 1.33 bits per heavy atom. The maximum absolute atomic E-state index is 5.71. The molecule has 1 aromatic carbocycles. The van der Waals surface area contributed by atoms with Crippen LogP contribution in [-0.4, -0.2) is 19.8 Å². The van der Waals surface area contributed by atoms with E-state index in [4.69, 9.17) is 20.9 Å². The van der Waals surface area contributed by atoms with Crippen LogP contribution in [0, 0.1) is 0 Å². The molecule has 4 nitrogen and oxygen atoms in total. The molecule has 0 amide bonds.